The monoisotopic (exact) mass is 247 g/mol. The van der Waals surface area contributed by atoms with E-state index in [4.69, 9.17) is 4.74 Å². The minimum Gasteiger partial charge on any atom is -0.369 e. The first-order chi connectivity index (χ1) is 8.85. The number of hydrogen-bond acceptors (Lipinski definition) is 2. The standard InChI is InChI=1S/C16H25NO/c1-2-17-14-16(11-7-4-8-12-16)18-13-15-9-5-3-6-10-15/h3,5-6,9-10,17H,2,4,7-8,11-14H2,1H3. The summed E-state index contributed by atoms with van der Waals surface area (Å²) in [6.07, 6.45) is 6.38. The van der Waals surface area contributed by atoms with Crippen molar-refractivity contribution in [3.05, 3.63) is 35.9 Å². The molecule has 0 atom stereocenters. The molecule has 1 saturated carbocycles. The summed E-state index contributed by atoms with van der Waals surface area (Å²) in [4.78, 5) is 0. The van der Waals surface area contributed by atoms with Crippen LogP contribution in [-0.2, 0) is 11.3 Å². The van der Waals surface area contributed by atoms with E-state index in [1.807, 2.05) is 0 Å². The summed E-state index contributed by atoms with van der Waals surface area (Å²) < 4.78 is 6.30. The van der Waals surface area contributed by atoms with E-state index in [9.17, 15) is 0 Å². The maximum Gasteiger partial charge on any atom is 0.0810 e. The van der Waals surface area contributed by atoms with Gasteiger partial charge in [0, 0.05) is 6.54 Å². The molecular formula is C16H25NO. The zero-order chi connectivity index (χ0) is 12.7. The van der Waals surface area contributed by atoms with E-state index in [0.717, 1.165) is 19.7 Å². The Hall–Kier alpha value is -0.860. The van der Waals surface area contributed by atoms with Gasteiger partial charge in [-0.2, -0.15) is 0 Å². The molecule has 18 heavy (non-hydrogen) atoms. The molecule has 0 heterocycles. The molecule has 0 radical (unpaired) electrons. The molecule has 1 N–H and O–H groups in total. The van der Waals surface area contributed by atoms with E-state index in [0.29, 0.717) is 0 Å². The van der Waals surface area contributed by atoms with Gasteiger partial charge in [0.1, 0.15) is 0 Å². The Morgan fingerprint density at radius 3 is 2.50 bits per heavy atom. The number of nitrogens with one attached hydrogen (secondary N) is 1. The molecule has 2 rings (SSSR count). The zero-order valence-electron chi connectivity index (χ0n) is 11.5. The van der Waals surface area contributed by atoms with Gasteiger partial charge in [0.25, 0.3) is 0 Å². The molecule has 0 saturated heterocycles. The van der Waals surface area contributed by atoms with Gasteiger partial charge in [-0.05, 0) is 24.9 Å². The third-order valence-electron chi connectivity index (χ3n) is 3.85. The molecule has 100 valence electrons. The summed E-state index contributed by atoms with van der Waals surface area (Å²) in [6, 6.07) is 10.5. The predicted octanol–water partition coefficient (Wildman–Crippen LogP) is 3.52. The van der Waals surface area contributed by atoms with Crippen LogP contribution in [0.3, 0.4) is 0 Å². The maximum atomic E-state index is 6.30. The molecule has 2 nitrogen and oxygen atoms in total. The Labute approximate surface area is 111 Å². The molecule has 1 fully saturated rings. The summed E-state index contributed by atoms with van der Waals surface area (Å²) in [5.41, 5.74) is 1.35. The molecule has 0 amide bonds. The zero-order valence-corrected chi connectivity index (χ0v) is 11.5. The van der Waals surface area contributed by atoms with Crippen molar-refractivity contribution in [2.45, 2.75) is 51.2 Å². The van der Waals surface area contributed by atoms with Crippen LogP contribution in [0.25, 0.3) is 0 Å². The van der Waals surface area contributed by atoms with Crippen molar-refractivity contribution in [2.24, 2.45) is 0 Å². The van der Waals surface area contributed by atoms with Crippen LogP contribution in [0.15, 0.2) is 30.3 Å². The topological polar surface area (TPSA) is 21.3 Å². The smallest absolute Gasteiger partial charge is 0.0810 e. The van der Waals surface area contributed by atoms with Gasteiger partial charge in [0.05, 0.1) is 12.2 Å². The Morgan fingerprint density at radius 2 is 1.83 bits per heavy atom. The molecule has 1 aromatic carbocycles. The van der Waals surface area contributed by atoms with Crippen LogP contribution in [0.2, 0.25) is 0 Å². The van der Waals surface area contributed by atoms with Crippen molar-refractivity contribution in [3.63, 3.8) is 0 Å². The highest BCUT2D eigenvalue weighted by Gasteiger charge is 2.32. The lowest BCUT2D eigenvalue weighted by atomic mass is 9.84. The van der Waals surface area contributed by atoms with Gasteiger partial charge in [-0.15, -0.1) is 0 Å². The molecule has 0 unspecified atom stereocenters. The molecule has 1 aliphatic rings. The first-order valence-electron chi connectivity index (χ1n) is 7.23. The average Bonchev–Trinajstić information content (AvgIpc) is 2.45. The van der Waals surface area contributed by atoms with Gasteiger partial charge in [-0.1, -0.05) is 56.5 Å². The minimum atomic E-state index is 0.0735. The molecule has 0 spiro atoms. The lowest BCUT2D eigenvalue weighted by Crippen LogP contribution is -2.44. The van der Waals surface area contributed by atoms with Crippen molar-refractivity contribution in [1.29, 1.82) is 0 Å². The van der Waals surface area contributed by atoms with E-state index < -0.39 is 0 Å². The molecule has 0 aliphatic heterocycles. The lowest BCUT2D eigenvalue weighted by molar-refractivity contribution is -0.0782. The summed E-state index contributed by atoms with van der Waals surface area (Å²) in [7, 11) is 0. The van der Waals surface area contributed by atoms with Crippen LogP contribution < -0.4 is 5.32 Å². The molecular weight excluding hydrogens is 222 g/mol. The van der Waals surface area contributed by atoms with Crippen LogP contribution in [-0.4, -0.2) is 18.7 Å². The molecule has 2 heteroatoms. The fourth-order valence-electron chi connectivity index (χ4n) is 2.73. The second-order valence-corrected chi connectivity index (χ2v) is 5.30. The normalized spacial score (nSPS) is 18.7. The Kier molecular flexibility index (Phi) is 5.21. The number of rotatable bonds is 6. The summed E-state index contributed by atoms with van der Waals surface area (Å²) in [5.74, 6) is 0. The highest BCUT2D eigenvalue weighted by molar-refractivity contribution is 5.13. The molecule has 1 aromatic rings. The highest BCUT2D eigenvalue weighted by Crippen LogP contribution is 2.32. The number of hydrogen-bond donors (Lipinski definition) is 1. The quantitative estimate of drug-likeness (QED) is 0.830. The predicted molar refractivity (Wildman–Crippen MR) is 75.6 cm³/mol. The molecule has 0 bridgehead atoms. The summed E-state index contributed by atoms with van der Waals surface area (Å²) in [6.45, 7) is 4.92. The van der Waals surface area contributed by atoms with Gasteiger partial charge in [0.15, 0.2) is 0 Å². The van der Waals surface area contributed by atoms with E-state index in [1.54, 1.807) is 0 Å². The van der Waals surface area contributed by atoms with Crippen molar-refractivity contribution >= 4 is 0 Å². The van der Waals surface area contributed by atoms with Crippen molar-refractivity contribution in [2.75, 3.05) is 13.1 Å². The maximum absolute atomic E-state index is 6.30. The van der Waals surface area contributed by atoms with Crippen LogP contribution in [0.1, 0.15) is 44.6 Å². The molecule has 1 aliphatic carbocycles. The number of ether oxygens (including phenoxy) is 1. The first-order valence-corrected chi connectivity index (χ1v) is 7.23. The largest absolute Gasteiger partial charge is 0.369 e. The van der Waals surface area contributed by atoms with Crippen molar-refractivity contribution in [3.8, 4) is 0 Å². The van der Waals surface area contributed by atoms with Gasteiger partial charge in [0.2, 0.25) is 0 Å². The third kappa shape index (κ3) is 3.82. The van der Waals surface area contributed by atoms with E-state index in [1.165, 1.54) is 37.7 Å². The fraction of sp³-hybridized carbons (Fsp3) is 0.625. The molecule has 0 aromatic heterocycles. The van der Waals surface area contributed by atoms with Crippen LogP contribution in [0.4, 0.5) is 0 Å². The summed E-state index contributed by atoms with van der Waals surface area (Å²) in [5, 5.41) is 3.47. The SMILES string of the molecule is CCNCC1(OCc2ccccc2)CCCCC1. The van der Waals surface area contributed by atoms with Gasteiger partial charge >= 0.3 is 0 Å². The average molecular weight is 247 g/mol. The van der Waals surface area contributed by atoms with Crippen molar-refractivity contribution < 1.29 is 4.74 Å². The van der Waals surface area contributed by atoms with Crippen LogP contribution >= 0.6 is 0 Å². The van der Waals surface area contributed by atoms with Crippen LogP contribution in [0.5, 0.6) is 0 Å². The van der Waals surface area contributed by atoms with Crippen LogP contribution in [0, 0.1) is 0 Å². The Balaban J connectivity index is 1.92. The van der Waals surface area contributed by atoms with Crippen molar-refractivity contribution in [1.82, 2.24) is 5.32 Å². The van der Waals surface area contributed by atoms with Gasteiger partial charge in [-0.25, -0.2) is 0 Å². The third-order valence-corrected chi connectivity index (χ3v) is 3.85. The number of benzene rings is 1. The fourth-order valence-corrected chi connectivity index (χ4v) is 2.73. The summed E-state index contributed by atoms with van der Waals surface area (Å²) >= 11 is 0. The second kappa shape index (κ2) is 6.91. The highest BCUT2D eigenvalue weighted by atomic mass is 16.5. The second-order valence-electron chi connectivity index (χ2n) is 5.30. The van der Waals surface area contributed by atoms with Gasteiger partial charge in [-0.3, -0.25) is 0 Å². The van der Waals surface area contributed by atoms with E-state index in [-0.39, 0.29) is 5.60 Å². The first kappa shape index (κ1) is 13.6. The number of likely N-dealkylation sites (N-methyl/N-ethyl adjacent to an activating group) is 1. The Bertz CT molecular complexity index is 330. The Morgan fingerprint density at radius 1 is 1.11 bits per heavy atom. The van der Waals surface area contributed by atoms with E-state index in [2.05, 4.69) is 42.6 Å². The van der Waals surface area contributed by atoms with Gasteiger partial charge < -0.3 is 10.1 Å². The minimum absolute atomic E-state index is 0.0735. The lowest BCUT2D eigenvalue weighted by Gasteiger charge is -2.37. The van der Waals surface area contributed by atoms with E-state index >= 15 is 0 Å².